The molecule has 2 rings (SSSR count). The topological polar surface area (TPSA) is 49.3 Å². The molecule has 1 atom stereocenters. The van der Waals surface area contributed by atoms with E-state index in [1.807, 2.05) is 42.5 Å². The standard InChI is InChI=1S/C17H18ClNO2/c18-11-14-6-8-15(9-7-14)17(21)19-16(12-20)10-13-4-2-1-3-5-13/h1-9,16,20H,10-12H2,(H,19,21)/t16-/m0/s1. The van der Waals surface area contributed by atoms with Gasteiger partial charge in [-0.3, -0.25) is 4.79 Å². The number of benzene rings is 2. The van der Waals surface area contributed by atoms with Crippen molar-refractivity contribution in [2.45, 2.75) is 18.3 Å². The number of aliphatic hydroxyl groups is 1. The van der Waals surface area contributed by atoms with Crippen LogP contribution in [-0.2, 0) is 12.3 Å². The molecule has 0 aliphatic carbocycles. The summed E-state index contributed by atoms with van der Waals surface area (Å²) >= 11 is 5.72. The summed E-state index contributed by atoms with van der Waals surface area (Å²) in [5, 5.41) is 12.3. The molecule has 4 heteroatoms. The number of nitrogens with one attached hydrogen (secondary N) is 1. The molecule has 3 nitrogen and oxygen atoms in total. The van der Waals surface area contributed by atoms with Crippen LogP contribution >= 0.6 is 11.6 Å². The van der Waals surface area contributed by atoms with Gasteiger partial charge in [0.05, 0.1) is 12.6 Å². The molecule has 0 saturated carbocycles. The lowest BCUT2D eigenvalue weighted by molar-refractivity contribution is 0.0916. The molecular weight excluding hydrogens is 286 g/mol. The highest BCUT2D eigenvalue weighted by atomic mass is 35.5. The minimum absolute atomic E-state index is 0.0968. The second-order valence-corrected chi connectivity index (χ2v) is 5.14. The van der Waals surface area contributed by atoms with Crippen molar-refractivity contribution < 1.29 is 9.90 Å². The third-order valence-electron chi connectivity index (χ3n) is 3.25. The minimum atomic E-state index is -0.299. The summed E-state index contributed by atoms with van der Waals surface area (Å²) in [6, 6.07) is 16.6. The van der Waals surface area contributed by atoms with Crippen LogP contribution in [0.15, 0.2) is 54.6 Å². The Bertz CT molecular complexity index is 569. The zero-order chi connectivity index (χ0) is 15.1. The number of carbonyl (C=O) groups excluding carboxylic acids is 1. The number of hydrogen-bond acceptors (Lipinski definition) is 2. The number of aliphatic hydroxyl groups excluding tert-OH is 1. The molecule has 0 aliphatic rings. The average molecular weight is 304 g/mol. The van der Waals surface area contributed by atoms with E-state index in [9.17, 15) is 9.90 Å². The van der Waals surface area contributed by atoms with Crippen LogP contribution in [0.4, 0.5) is 0 Å². The molecule has 0 unspecified atom stereocenters. The van der Waals surface area contributed by atoms with Gasteiger partial charge in [0.25, 0.3) is 5.91 Å². The highest BCUT2D eigenvalue weighted by Gasteiger charge is 2.13. The molecule has 0 heterocycles. The molecule has 2 N–H and O–H groups in total. The van der Waals surface area contributed by atoms with Gasteiger partial charge < -0.3 is 10.4 Å². The Morgan fingerprint density at radius 2 is 1.71 bits per heavy atom. The molecule has 2 aromatic rings. The summed E-state index contributed by atoms with van der Waals surface area (Å²) in [5.41, 5.74) is 2.61. The monoisotopic (exact) mass is 303 g/mol. The second kappa shape index (κ2) is 7.81. The van der Waals surface area contributed by atoms with Crippen molar-refractivity contribution in [2.75, 3.05) is 6.61 Å². The summed E-state index contributed by atoms with van der Waals surface area (Å²) in [6.45, 7) is -0.0968. The van der Waals surface area contributed by atoms with Crippen LogP contribution in [0.3, 0.4) is 0 Å². The predicted molar refractivity (Wildman–Crippen MR) is 84.5 cm³/mol. The van der Waals surface area contributed by atoms with Gasteiger partial charge in [0.2, 0.25) is 0 Å². The van der Waals surface area contributed by atoms with Crippen molar-refractivity contribution in [2.24, 2.45) is 0 Å². The van der Waals surface area contributed by atoms with Gasteiger partial charge in [-0.2, -0.15) is 0 Å². The number of carbonyl (C=O) groups is 1. The van der Waals surface area contributed by atoms with E-state index in [1.54, 1.807) is 12.1 Å². The van der Waals surface area contributed by atoms with Crippen molar-refractivity contribution in [3.8, 4) is 0 Å². The lowest BCUT2D eigenvalue weighted by atomic mass is 10.1. The molecule has 0 aromatic heterocycles. The first-order valence-electron chi connectivity index (χ1n) is 6.83. The van der Waals surface area contributed by atoms with Crippen LogP contribution < -0.4 is 5.32 Å². The first kappa shape index (κ1) is 15.5. The molecular formula is C17H18ClNO2. The maximum atomic E-state index is 12.1. The van der Waals surface area contributed by atoms with E-state index < -0.39 is 0 Å². The molecule has 0 fully saturated rings. The molecule has 2 aromatic carbocycles. The van der Waals surface area contributed by atoms with Crippen molar-refractivity contribution in [3.05, 3.63) is 71.3 Å². The quantitative estimate of drug-likeness (QED) is 0.806. The lowest BCUT2D eigenvalue weighted by Gasteiger charge is -2.16. The lowest BCUT2D eigenvalue weighted by Crippen LogP contribution is -2.39. The number of halogens is 1. The highest BCUT2D eigenvalue weighted by Crippen LogP contribution is 2.08. The molecule has 0 saturated heterocycles. The average Bonchev–Trinajstić information content (AvgIpc) is 2.55. The van der Waals surface area contributed by atoms with Gasteiger partial charge in [-0.1, -0.05) is 42.5 Å². The van der Waals surface area contributed by atoms with Crippen molar-refractivity contribution in [1.29, 1.82) is 0 Å². The summed E-state index contributed by atoms with van der Waals surface area (Å²) in [5.74, 6) is 0.237. The third-order valence-corrected chi connectivity index (χ3v) is 3.56. The Hall–Kier alpha value is -1.84. The van der Waals surface area contributed by atoms with Gasteiger partial charge in [-0.25, -0.2) is 0 Å². The first-order valence-corrected chi connectivity index (χ1v) is 7.37. The first-order chi connectivity index (χ1) is 10.2. The number of amides is 1. The smallest absolute Gasteiger partial charge is 0.251 e. The van der Waals surface area contributed by atoms with E-state index in [0.29, 0.717) is 17.9 Å². The van der Waals surface area contributed by atoms with Crippen LogP contribution in [-0.4, -0.2) is 23.7 Å². The fraction of sp³-hybridized carbons (Fsp3) is 0.235. The maximum absolute atomic E-state index is 12.1. The summed E-state index contributed by atoms with van der Waals surface area (Å²) < 4.78 is 0. The summed E-state index contributed by atoms with van der Waals surface area (Å²) in [6.07, 6.45) is 0.600. The van der Waals surface area contributed by atoms with E-state index in [2.05, 4.69) is 5.32 Å². The van der Waals surface area contributed by atoms with E-state index in [1.165, 1.54) is 0 Å². The summed E-state index contributed by atoms with van der Waals surface area (Å²) in [7, 11) is 0. The Morgan fingerprint density at radius 3 is 2.29 bits per heavy atom. The molecule has 110 valence electrons. The number of rotatable bonds is 6. The zero-order valence-corrected chi connectivity index (χ0v) is 12.4. The molecule has 21 heavy (non-hydrogen) atoms. The Morgan fingerprint density at radius 1 is 1.05 bits per heavy atom. The zero-order valence-electron chi connectivity index (χ0n) is 11.6. The molecule has 0 bridgehead atoms. The number of alkyl halides is 1. The van der Waals surface area contributed by atoms with Gasteiger partial charge in [-0.15, -0.1) is 11.6 Å². The molecule has 0 radical (unpaired) electrons. The van der Waals surface area contributed by atoms with Gasteiger partial charge in [0.1, 0.15) is 0 Å². The van der Waals surface area contributed by atoms with Crippen LogP contribution in [0.25, 0.3) is 0 Å². The molecule has 0 aliphatic heterocycles. The molecule has 0 spiro atoms. The largest absolute Gasteiger partial charge is 0.394 e. The van der Waals surface area contributed by atoms with Gasteiger partial charge in [0, 0.05) is 11.4 Å². The van der Waals surface area contributed by atoms with Crippen molar-refractivity contribution in [1.82, 2.24) is 5.32 Å². The SMILES string of the molecule is O=C(N[C@H](CO)Cc1ccccc1)c1ccc(CCl)cc1. The van der Waals surface area contributed by atoms with E-state index >= 15 is 0 Å². The Labute approximate surface area is 129 Å². The summed E-state index contributed by atoms with van der Waals surface area (Å²) in [4.78, 5) is 12.1. The second-order valence-electron chi connectivity index (χ2n) is 4.87. The van der Waals surface area contributed by atoms with Crippen molar-refractivity contribution >= 4 is 17.5 Å². The normalized spacial score (nSPS) is 11.9. The van der Waals surface area contributed by atoms with E-state index in [4.69, 9.17) is 11.6 Å². The van der Waals surface area contributed by atoms with Crippen LogP contribution in [0.5, 0.6) is 0 Å². The van der Waals surface area contributed by atoms with Gasteiger partial charge in [0.15, 0.2) is 0 Å². The van der Waals surface area contributed by atoms with Gasteiger partial charge in [-0.05, 0) is 29.7 Å². The number of hydrogen-bond donors (Lipinski definition) is 2. The van der Waals surface area contributed by atoms with Crippen LogP contribution in [0.1, 0.15) is 21.5 Å². The van der Waals surface area contributed by atoms with E-state index in [0.717, 1.165) is 11.1 Å². The van der Waals surface area contributed by atoms with Crippen LogP contribution in [0.2, 0.25) is 0 Å². The van der Waals surface area contributed by atoms with Crippen molar-refractivity contribution in [3.63, 3.8) is 0 Å². The predicted octanol–water partition coefficient (Wildman–Crippen LogP) is 2.76. The Kier molecular flexibility index (Phi) is 5.78. The highest BCUT2D eigenvalue weighted by molar-refractivity contribution is 6.17. The van der Waals surface area contributed by atoms with Gasteiger partial charge >= 0.3 is 0 Å². The van der Waals surface area contributed by atoms with E-state index in [-0.39, 0.29) is 18.6 Å². The van der Waals surface area contributed by atoms with Crippen LogP contribution in [0, 0.1) is 0 Å². The Balaban J connectivity index is 1.98. The fourth-order valence-electron chi connectivity index (χ4n) is 2.07. The third kappa shape index (κ3) is 4.59. The molecule has 1 amide bonds. The minimum Gasteiger partial charge on any atom is -0.394 e. The fourth-order valence-corrected chi connectivity index (χ4v) is 2.25. The maximum Gasteiger partial charge on any atom is 0.251 e.